The Labute approximate surface area is 123 Å². The molecule has 0 saturated carbocycles. The molecule has 21 heavy (non-hydrogen) atoms. The van der Waals surface area contributed by atoms with E-state index < -0.39 is 0 Å². The standard InChI is InChI=1S/C15H20N2O4/c1-21-13-5-3-12(4-6-13)17-10-11(9-14(17)19)15(20)16-7-2-8-18/h3-6,11,18H,2,7-10H2,1H3,(H,16,20). The summed E-state index contributed by atoms with van der Waals surface area (Å²) in [5.41, 5.74) is 0.770. The van der Waals surface area contributed by atoms with Gasteiger partial charge in [-0.3, -0.25) is 9.59 Å². The molecule has 0 radical (unpaired) electrons. The number of methoxy groups -OCH3 is 1. The van der Waals surface area contributed by atoms with E-state index in [-0.39, 0.29) is 30.8 Å². The summed E-state index contributed by atoms with van der Waals surface area (Å²) < 4.78 is 5.08. The third-order valence-corrected chi connectivity index (χ3v) is 3.51. The Hall–Kier alpha value is -2.08. The molecular formula is C15H20N2O4. The van der Waals surface area contributed by atoms with Crippen molar-refractivity contribution in [3.05, 3.63) is 24.3 Å². The Morgan fingerprint density at radius 1 is 1.43 bits per heavy atom. The Kier molecular flexibility index (Phi) is 5.16. The molecule has 1 aliphatic heterocycles. The van der Waals surface area contributed by atoms with Crippen LogP contribution in [0.1, 0.15) is 12.8 Å². The van der Waals surface area contributed by atoms with Crippen molar-refractivity contribution in [3.63, 3.8) is 0 Å². The Bertz CT molecular complexity index is 501. The van der Waals surface area contributed by atoms with E-state index in [1.807, 2.05) is 12.1 Å². The molecule has 0 bridgehead atoms. The lowest BCUT2D eigenvalue weighted by Crippen LogP contribution is -2.33. The van der Waals surface area contributed by atoms with Gasteiger partial charge in [-0.05, 0) is 30.7 Å². The highest BCUT2D eigenvalue weighted by molar-refractivity contribution is 6.00. The summed E-state index contributed by atoms with van der Waals surface area (Å²) in [7, 11) is 1.59. The maximum atomic E-state index is 12.0. The molecule has 0 aromatic heterocycles. The number of amides is 2. The van der Waals surface area contributed by atoms with Gasteiger partial charge in [0.25, 0.3) is 0 Å². The van der Waals surface area contributed by atoms with Crippen molar-refractivity contribution in [1.82, 2.24) is 5.32 Å². The van der Waals surface area contributed by atoms with E-state index in [1.54, 1.807) is 24.1 Å². The smallest absolute Gasteiger partial charge is 0.227 e. The minimum Gasteiger partial charge on any atom is -0.497 e. The van der Waals surface area contributed by atoms with Crippen LogP contribution in [0.2, 0.25) is 0 Å². The molecule has 2 rings (SSSR count). The quantitative estimate of drug-likeness (QED) is 0.750. The number of aliphatic hydroxyl groups excluding tert-OH is 1. The molecule has 2 amide bonds. The summed E-state index contributed by atoms with van der Waals surface area (Å²) >= 11 is 0. The number of nitrogens with one attached hydrogen (secondary N) is 1. The molecule has 1 aromatic rings. The maximum absolute atomic E-state index is 12.0. The van der Waals surface area contributed by atoms with Gasteiger partial charge in [0, 0.05) is 31.8 Å². The third-order valence-electron chi connectivity index (χ3n) is 3.51. The summed E-state index contributed by atoms with van der Waals surface area (Å²) in [4.78, 5) is 25.6. The minimum atomic E-state index is -0.335. The van der Waals surface area contributed by atoms with Crippen molar-refractivity contribution in [2.24, 2.45) is 5.92 Å². The van der Waals surface area contributed by atoms with Crippen LogP contribution in [-0.2, 0) is 9.59 Å². The van der Waals surface area contributed by atoms with Crippen LogP contribution >= 0.6 is 0 Å². The van der Waals surface area contributed by atoms with Gasteiger partial charge in [0.15, 0.2) is 0 Å². The fourth-order valence-electron chi connectivity index (χ4n) is 2.33. The molecular weight excluding hydrogens is 272 g/mol. The Morgan fingerprint density at radius 3 is 2.76 bits per heavy atom. The van der Waals surface area contributed by atoms with Crippen LogP contribution in [0, 0.1) is 5.92 Å². The second-order valence-electron chi connectivity index (χ2n) is 4.97. The van der Waals surface area contributed by atoms with Crippen LogP contribution in [0.4, 0.5) is 5.69 Å². The van der Waals surface area contributed by atoms with Gasteiger partial charge in [-0.1, -0.05) is 0 Å². The van der Waals surface area contributed by atoms with E-state index in [4.69, 9.17) is 9.84 Å². The molecule has 6 nitrogen and oxygen atoms in total. The van der Waals surface area contributed by atoms with Crippen molar-refractivity contribution < 1.29 is 19.4 Å². The molecule has 1 aliphatic rings. The van der Waals surface area contributed by atoms with E-state index in [2.05, 4.69) is 5.32 Å². The summed E-state index contributed by atoms with van der Waals surface area (Å²) in [5.74, 6) is 0.206. The van der Waals surface area contributed by atoms with E-state index >= 15 is 0 Å². The maximum Gasteiger partial charge on any atom is 0.227 e. The van der Waals surface area contributed by atoms with Gasteiger partial charge in [0.05, 0.1) is 13.0 Å². The number of hydrogen-bond acceptors (Lipinski definition) is 4. The molecule has 1 saturated heterocycles. The van der Waals surface area contributed by atoms with Gasteiger partial charge in [0.2, 0.25) is 11.8 Å². The summed E-state index contributed by atoms with van der Waals surface area (Å²) in [6.45, 7) is 0.862. The Balaban J connectivity index is 1.96. The monoisotopic (exact) mass is 292 g/mol. The largest absolute Gasteiger partial charge is 0.497 e. The third kappa shape index (κ3) is 3.72. The van der Waals surface area contributed by atoms with Crippen LogP contribution in [0.5, 0.6) is 5.75 Å². The number of benzene rings is 1. The van der Waals surface area contributed by atoms with Crippen molar-refractivity contribution in [1.29, 1.82) is 0 Å². The SMILES string of the molecule is COc1ccc(N2CC(C(=O)NCCCO)CC2=O)cc1. The number of carbonyl (C=O) groups excluding carboxylic acids is 2. The highest BCUT2D eigenvalue weighted by atomic mass is 16.5. The highest BCUT2D eigenvalue weighted by Gasteiger charge is 2.34. The highest BCUT2D eigenvalue weighted by Crippen LogP contribution is 2.26. The fourth-order valence-corrected chi connectivity index (χ4v) is 2.33. The average molecular weight is 292 g/mol. The lowest BCUT2D eigenvalue weighted by atomic mass is 10.1. The lowest BCUT2D eigenvalue weighted by Gasteiger charge is -2.17. The number of ether oxygens (including phenoxy) is 1. The molecule has 1 fully saturated rings. The van der Waals surface area contributed by atoms with Gasteiger partial charge in [0.1, 0.15) is 5.75 Å². The molecule has 114 valence electrons. The molecule has 0 spiro atoms. The van der Waals surface area contributed by atoms with E-state index in [1.165, 1.54) is 0 Å². The summed E-state index contributed by atoms with van der Waals surface area (Å²) in [6.07, 6.45) is 0.742. The Morgan fingerprint density at radius 2 is 2.14 bits per heavy atom. The van der Waals surface area contributed by atoms with Gasteiger partial charge in [-0.2, -0.15) is 0 Å². The number of nitrogens with zero attached hydrogens (tertiary/aromatic N) is 1. The average Bonchev–Trinajstić information content (AvgIpc) is 2.89. The van der Waals surface area contributed by atoms with Crippen molar-refractivity contribution in [2.75, 3.05) is 31.7 Å². The summed E-state index contributed by atoms with van der Waals surface area (Å²) in [5, 5.41) is 11.4. The van der Waals surface area contributed by atoms with Gasteiger partial charge >= 0.3 is 0 Å². The van der Waals surface area contributed by atoms with Crippen LogP contribution in [0.3, 0.4) is 0 Å². The van der Waals surface area contributed by atoms with Crippen molar-refractivity contribution >= 4 is 17.5 Å². The first-order valence-electron chi connectivity index (χ1n) is 6.98. The van der Waals surface area contributed by atoms with Crippen LogP contribution in [-0.4, -0.2) is 43.7 Å². The summed E-state index contributed by atoms with van der Waals surface area (Å²) in [6, 6.07) is 7.19. The zero-order chi connectivity index (χ0) is 15.2. The number of rotatable bonds is 6. The minimum absolute atomic E-state index is 0.0435. The number of anilines is 1. The zero-order valence-corrected chi connectivity index (χ0v) is 12.0. The molecule has 1 aromatic carbocycles. The molecule has 2 N–H and O–H groups in total. The van der Waals surface area contributed by atoms with Crippen LogP contribution < -0.4 is 15.0 Å². The number of carbonyl (C=O) groups is 2. The van der Waals surface area contributed by atoms with E-state index in [0.29, 0.717) is 19.5 Å². The second kappa shape index (κ2) is 7.08. The number of aliphatic hydroxyl groups is 1. The zero-order valence-electron chi connectivity index (χ0n) is 12.0. The van der Waals surface area contributed by atoms with Gasteiger partial charge in [-0.15, -0.1) is 0 Å². The lowest BCUT2D eigenvalue weighted by molar-refractivity contribution is -0.126. The van der Waals surface area contributed by atoms with E-state index in [9.17, 15) is 9.59 Å². The molecule has 1 unspecified atom stereocenters. The topological polar surface area (TPSA) is 78.9 Å². The first kappa shape index (κ1) is 15.3. The molecule has 0 aliphatic carbocycles. The van der Waals surface area contributed by atoms with Gasteiger partial charge in [-0.25, -0.2) is 0 Å². The molecule has 1 atom stereocenters. The van der Waals surface area contributed by atoms with Crippen molar-refractivity contribution in [2.45, 2.75) is 12.8 Å². The molecule has 1 heterocycles. The first-order valence-corrected chi connectivity index (χ1v) is 6.98. The van der Waals surface area contributed by atoms with Crippen molar-refractivity contribution in [3.8, 4) is 5.75 Å². The predicted molar refractivity (Wildman–Crippen MR) is 78.2 cm³/mol. The predicted octanol–water partition coefficient (Wildman–Crippen LogP) is 0.547. The normalized spacial score (nSPS) is 17.9. The second-order valence-corrected chi connectivity index (χ2v) is 4.97. The van der Waals surface area contributed by atoms with Crippen LogP contribution in [0.25, 0.3) is 0 Å². The van der Waals surface area contributed by atoms with E-state index in [0.717, 1.165) is 11.4 Å². The van der Waals surface area contributed by atoms with Crippen LogP contribution in [0.15, 0.2) is 24.3 Å². The van der Waals surface area contributed by atoms with Gasteiger partial charge < -0.3 is 20.1 Å². The fraction of sp³-hybridized carbons (Fsp3) is 0.467. The molecule has 6 heteroatoms. The first-order chi connectivity index (χ1) is 10.2. The number of hydrogen-bond donors (Lipinski definition) is 2.